The molecule has 0 amide bonds. The van der Waals surface area contributed by atoms with Crippen LogP contribution in [-0.2, 0) is 6.42 Å². The molecule has 0 bridgehead atoms. The van der Waals surface area contributed by atoms with Crippen LogP contribution in [0.15, 0.2) is 97.1 Å². The van der Waals surface area contributed by atoms with Crippen LogP contribution in [0.1, 0.15) is 11.1 Å². The average molecular weight is 366 g/mol. The maximum Gasteiger partial charge on any atom is -0.000111 e. The van der Waals surface area contributed by atoms with Crippen LogP contribution in [0.4, 0.5) is 0 Å². The second kappa shape index (κ2) is 5.46. The molecule has 29 heavy (non-hydrogen) atoms. The van der Waals surface area contributed by atoms with Gasteiger partial charge in [-0.3, -0.25) is 0 Å². The number of benzene rings is 6. The molecular weight excluding hydrogens is 348 g/mol. The Hall–Kier alpha value is -3.64. The Bertz CT molecular complexity index is 1600. The van der Waals surface area contributed by atoms with Crippen LogP contribution in [0.3, 0.4) is 0 Å². The quantitative estimate of drug-likeness (QED) is 0.189. The summed E-state index contributed by atoms with van der Waals surface area (Å²) in [6.07, 6.45) is 1.01. The lowest BCUT2D eigenvalue weighted by atomic mass is 9.95. The second-order valence-corrected chi connectivity index (χ2v) is 8.16. The number of rotatable bonds is 0. The summed E-state index contributed by atoms with van der Waals surface area (Å²) in [6, 6.07) is 36.0. The molecule has 0 N–H and O–H groups in total. The van der Waals surface area contributed by atoms with Gasteiger partial charge in [0.1, 0.15) is 0 Å². The lowest BCUT2D eigenvalue weighted by Crippen LogP contribution is -1.87. The summed E-state index contributed by atoms with van der Waals surface area (Å²) in [6.45, 7) is 0. The van der Waals surface area contributed by atoms with Gasteiger partial charge in [-0.25, -0.2) is 0 Å². The molecule has 0 aliphatic heterocycles. The van der Waals surface area contributed by atoms with Crippen molar-refractivity contribution in [1.29, 1.82) is 0 Å². The maximum atomic E-state index is 2.38. The van der Waals surface area contributed by atoms with Crippen molar-refractivity contribution in [2.45, 2.75) is 6.42 Å². The van der Waals surface area contributed by atoms with Crippen molar-refractivity contribution in [2.75, 3.05) is 0 Å². The lowest BCUT2D eigenvalue weighted by molar-refractivity contribution is 1.31. The van der Waals surface area contributed by atoms with E-state index in [9.17, 15) is 0 Å². The van der Waals surface area contributed by atoms with Gasteiger partial charge in [-0.1, -0.05) is 84.9 Å². The van der Waals surface area contributed by atoms with Crippen LogP contribution in [0.2, 0.25) is 0 Å². The number of hydrogen-bond donors (Lipinski definition) is 0. The lowest BCUT2D eigenvalue weighted by Gasteiger charge is -2.09. The topological polar surface area (TPSA) is 0 Å². The highest BCUT2D eigenvalue weighted by Crippen LogP contribution is 2.44. The van der Waals surface area contributed by atoms with Gasteiger partial charge in [0.05, 0.1) is 0 Å². The average Bonchev–Trinajstić information content (AvgIpc) is 3.17. The van der Waals surface area contributed by atoms with Crippen LogP contribution >= 0.6 is 0 Å². The van der Waals surface area contributed by atoms with E-state index < -0.39 is 0 Å². The maximum absolute atomic E-state index is 2.38. The first-order chi connectivity index (χ1) is 14.4. The largest absolute Gasteiger partial charge is 0.0616 e. The molecule has 0 aromatic heterocycles. The molecule has 6 aromatic carbocycles. The number of hydrogen-bond acceptors (Lipinski definition) is 0. The minimum atomic E-state index is 1.01. The summed E-state index contributed by atoms with van der Waals surface area (Å²) in [5, 5.41) is 10.8. The van der Waals surface area contributed by atoms with E-state index in [4.69, 9.17) is 0 Å². The molecule has 7 rings (SSSR count). The van der Waals surface area contributed by atoms with Gasteiger partial charge in [0, 0.05) is 0 Å². The van der Waals surface area contributed by atoms with E-state index in [0.29, 0.717) is 0 Å². The van der Waals surface area contributed by atoms with Gasteiger partial charge in [-0.05, 0) is 83.9 Å². The highest BCUT2D eigenvalue weighted by atomic mass is 14.3. The zero-order valence-corrected chi connectivity index (χ0v) is 15.9. The molecule has 0 fully saturated rings. The highest BCUT2D eigenvalue weighted by molar-refractivity contribution is 6.12. The van der Waals surface area contributed by atoms with Gasteiger partial charge in [0.2, 0.25) is 0 Å². The molecule has 0 nitrogen and oxygen atoms in total. The summed E-state index contributed by atoms with van der Waals surface area (Å²) < 4.78 is 0. The van der Waals surface area contributed by atoms with Gasteiger partial charge < -0.3 is 0 Å². The van der Waals surface area contributed by atoms with E-state index in [1.807, 2.05) is 0 Å². The Morgan fingerprint density at radius 2 is 1.00 bits per heavy atom. The van der Waals surface area contributed by atoms with Gasteiger partial charge in [0.25, 0.3) is 0 Å². The molecule has 0 saturated heterocycles. The second-order valence-electron chi connectivity index (χ2n) is 8.16. The van der Waals surface area contributed by atoms with E-state index in [0.717, 1.165) is 6.42 Å². The van der Waals surface area contributed by atoms with E-state index in [1.54, 1.807) is 0 Å². The molecule has 0 atom stereocenters. The normalized spacial score (nSPS) is 12.7. The molecule has 0 heterocycles. The van der Waals surface area contributed by atoms with Crippen LogP contribution < -0.4 is 0 Å². The summed E-state index contributed by atoms with van der Waals surface area (Å²) in [5.41, 5.74) is 5.75. The van der Waals surface area contributed by atoms with Crippen LogP contribution in [0.5, 0.6) is 0 Å². The standard InChI is InChI=1S/C29H18/c1-2-7-20-16-27-21(15-19(20)6-1)10-12-25-26-14-13-23-22-8-4-3-5-18(22)9-11-24(23)28(26)17-29(25)27/h1-16H,17H2. The van der Waals surface area contributed by atoms with Crippen molar-refractivity contribution in [2.24, 2.45) is 0 Å². The third-order valence-electron chi connectivity index (χ3n) is 6.68. The van der Waals surface area contributed by atoms with Gasteiger partial charge in [-0.15, -0.1) is 0 Å². The third-order valence-corrected chi connectivity index (χ3v) is 6.68. The van der Waals surface area contributed by atoms with Gasteiger partial charge in [-0.2, -0.15) is 0 Å². The Morgan fingerprint density at radius 3 is 1.86 bits per heavy atom. The first-order valence-electron chi connectivity index (χ1n) is 10.2. The summed E-state index contributed by atoms with van der Waals surface area (Å²) in [5.74, 6) is 0. The molecule has 0 saturated carbocycles. The smallest absolute Gasteiger partial charge is 0.000111 e. The summed E-state index contributed by atoms with van der Waals surface area (Å²) >= 11 is 0. The van der Waals surface area contributed by atoms with Crippen molar-refractivity contribution < 1.29 is 0 Å². The summed E-state index contributed by atoms with van der Waals surface area (Å²) in [7, 11) is 0. The predicted molar refractivity (Wildman–Crippen MR) is 125 cm³/mol. The first-order valence-corrected chi connectivity index (χ1v) is 10.2. The van der Waals surface area contributed by atoms with Crippen LogP contribution in [0, 0.1) is 0 Å². The van der Waals surface area contributed by atoms with E-state index >= 15 is 0 Å². The van der Waals surface area contributed by atoms with Crippen molar-refractivity contribution in [1.82, 2.24) is 0 Å². The van der Waals surface area contributed by atoms with Crippen molar-refractivity contribution in [3.05, 3.63) is 108 Å². The van der Waals surface area contributed by atoms with Crippen molar-refractivity contribution in [3.63, 3.8) is 0 Å². The molecule has 1 aliphatic carbocycles. The van der Waals surface area contributed by atoms with E-state index in [2.05, 4.69) is 97.1 Å². The zero-order valence-electron chi connectivity index (χ0n) is 15.9. The molecule has 0 heteroatoms. The third kappa shape index (κ3) is 2.04. The first kappa shape index (κ1) is 15.3. The molecule has 1 aliphatic rings. The molecule has 0 radical (unpaired) electrons. The fraction of sp³-hybridized carbons (Fsp3) is 0.0345. The Labute approximate surface area is 169 Å². The van der Waals surface area contributed by atoms with Crippen molar-refractivity contribution in [3.8, 4) is 11.1 Å². The van der Waals surface area contributed by atoms with Gasteiger partial charge in [0.15, 0.2) is 0 Å². The fourth-order valence-electron chi connectivity index (χ4n) is 5.29. The Balaban J connectivity index is 1.54. The van der Waals surface area contributed by atoms with Crippen LogP contribution in [-0.4, -0.2) is 0 Å². The molecular formula is C29H18. The van der Waals surface area contributed by atoms with Crippen molar-refractivity contribution >= 4 is 43.1 Å². The zero-order chi connectivity index (χ0) is 18.9. The predicted octanol–water partition coefficient (Wildman–Crippen LogP) is 7.87. The molecule has 134 valence electrons. The molecule has 6 aromatic rings. The fourth-order valence-corrected chi connectivity index (χ4v) is 5.29. The number of fused-ring (bicyclic) bond motifs is 10. The van der Waals surface area contributed by atoms with E-state index in [-0.39, 0.29) is 0 Å². The van der Waals surface area contributed by atoms with Crippen LogP contribution in [0.25, 0.3) is 54.2 Å². The minimum Gasteiger partial charge on any atom is -0.0616 e. The minimum absolute atomic E-state index is 1.01. The highest BCUT2D eigenvalue weighted by Gasteiger charge is 2.23. The SMILES string of the molecule is c1ccc2cc3c4c(ccc3cc2c1)-c1ccc2c(ccc3ccccc32)c1C4. The Morgan fingerprint density at radius 1 is 0.379 bits per heavy atom. The Kier molecular flexibility index (Phi) is 2.88. The molecule has 0 unspecified atom stereocenters. The summed E-state index contributed by atoms with van der Waals surface area (Å²) in [4.78, 5) is 0. The molecule has 0 spiro atoms. The van der Waals surface area contributed by atoms with Gasteiger partial charge >= 0.3 is 0 Å². The monoisotopic (exact) mass is 366 g/mol. The van der Waals surface area contributed by atoms with E-state index in [1.165, 1.54) is 65.3 Å².